The van der Waals surface area contributed by atoms with E-state index in [1.807, 2.05) is 24.0 Å². The number of amides is 1. The fourth-order valence-electron chi connectivity index (χ4n) is 3.38. The lowest BCUT2D eigenvalue weighted by molar-refractivity contribution is 0.0788. The van der Waals surface area contributed by atoms with Crippen molar-refractivity contribution in [2.75, 3.05) is 25.0 Å². The van der Waals surface area contributed by atoms with Crippen LogP contribution in [0.4, 0.5) is 10.4 Å². The van der Waals surface area contributed by atoms with E-state index in [0.717, 1.165) is 12.0 Å². The molecule has 0 saturated carbocycles. The van der Waals surface area contributed by atoms with Gasteiger partial charge in [0.05, 0.1) is 10.6 Å². The molecule has 0 radical (unpaired) electrons. The van der Waals surface area contributed by atoms with Gasteiger partial charge in [-0.1, -0.05) is 29.3 Å². The molecule has 5 nitrogen and oxygen atoms in total. The highest BCUT2D eigenvalue weighted by Crippen LogP contribution is 2.25. The fourth-order valence-corrected chi connectivity index (χ4v) is 3.58. The Morgan fingerprint density at radius 3 is 3.07 bits per heavy atom. The Morgan fingerprint density at radius 2 is 2.26 bits per heavy atom. The minimum Gasteiger partial charge on any atom is -0.420 e. The molecule has 2 aromatic carbocycles. The second-order valence-corrected chi connectivity index (χ2v) is 7.28. The third-order valence-corrected chi connectivity index (χ3v) is 5.16. The highest BCUT2D eigenvalue weighted by molar-refractivity contribution is 6.33. The second-order valence-electron chi connectivity index (χ2n) is 6.88. The summed E-state index contributed by atoms with van der Waals surface area (Å²) in [6.45, 7) is 3.84. The standard InChI is InChI=1S/C20H19ClFN3O2/c1-12-5-6-15(21)14(9-12)19(26)25-8-7-13(11-25)10-23-20-24-17-4-2-3-16(22)18(17)27-20/h2-6,9,13H,7-8,10-11H2,1H3,(H,23,24)/t13-/m1/s1. The zero-order valence-electron chi connectivity index (χ0n) is 14.8. The number of aryl methyl sites for hydroxylation is 1. The summed E-state index contributed by atoms with van der Waals surface area (Å²) in [4.78, 5) is 18.8. The molecular formula is C20H19ClFN3O2. The highest BCUT2D eigenvalue weighted by atomic mass is 35.5. The molecule has 3 aromatic rings. The Bertz CT molecular complexity index is 1000. The van der Waals surface area contributed by atoms with E-state index < -0.39 is 5.82 Å². The number of rotatable bonds is 4. The molecule has 0 unspecified atom stereocenters. The van der Waals surface area contributed by atoms with Crippen molar-refractivity contribution in [1.29, 1.82) is 0 Å². The Morgan fingerprint density at radius 1 is 1.41 bits per heavy atom. The molecule has 4 rings (SSSR count). The molecule has 1 amide bonds. The Hall–Kier alpha value is -2.60. The molecule has 1 saturated heterocycles. The van der Waals surface area contributed by atoms with Gasteiger partial charge >= 0.3 is 0 Å². The van der Waals surface area contributed by atoms with Crippen LogP contribution in [-0.4, -0.2) is 35.4 Å². The molecule has 1 aliphatic rings. The maximum atomic E-state index is 13.7. The fraction of sp³-hybridized carbons (Fsp3) is 0.300. The number of para-hydroxylation sites is 1. The van der Waals surface area contributed by atoms with Crippen molar-refractivity contribution in [2.45, 2.75) is 13.3 Å². The van der Waals surface area contributed by atoms with Crippen molar-refractivity contribution < 1.29 is 13.6 Å². The largest absolute Gasteiger partial charge is 0.420 e. The van der Waals surface area contributed by atoms with Crippen LogP contribution >= 0.6 is 11.6 Å². The number of oxazole rings is 1. The minimum atomic E-state index is -0.430. The average molecular weight is 388 g/mol. The zero-order valence-corrected chi connectivity index (χ0v) is 15.6. The van der Waals surface area contributed by atoms with Crippen molar-refractivity contribution in [1.82, 2.24) is 9.88 Å². The van der Waals surface area contributed by atoms with Crippen LogP contribution in [0.2, 0.25) is 5.02 Å². The summed E-state index contributed by atoms with van der Waals surface area (Å²) in [5.74, 6) is -0.215. The van der Waals surface area contributed by atoms with Crippen LogP contribution in [0.15, 0.2) is 40.8 Å². The van der Waals surface area contributed by atoms with E-state index >= 15 is 0 Å². The normalized spacial score (nSPS) is 16.9. The van der Waals surface area contributed by atoms with Crippen molar-refractivity contribution in [3.8, 4) is 0 Å². The monoisotopic (exact) mass is 387 g/mol. The van der Waals surface area contributed by atoms with E-state index in [9.17, 15) is 9.18 Å². The van der Waals surface area contributed by atoms with Crippen molar-refractivity contribution in [3.05, 3.63) is 58.4 Å². The number of hydrogen-bond acceptors (Lipinski definition) is 4. The predicted octanol–water partition coefficient (Wildman–Crippen LogP) is 4.50. The lowest BCUT2D eigenvalue weighted by Gasteiger charge is -2.17. The van der Waals surface area contributed by atoms with Crippen LogP contribution < -0.4 is 5.32 Å². The summed E-state index contributed by atoms with van der Waals surface area (Å²) < 4.78 is 19.1. The van der Waals surface area contributed by atoms with Gasteiger partial charge in [-0.25, -0.2) is 4.39 Å². The maximum Gasteiger partial charge on any atom is 0.295 e. The quantitative estimate of drug-likeness (QED) is 0.716. The third kappa shape index (κ3) is 3.62. The third-order valence-electron chi connectivity index (χ3n) is 4.83. The van der Waals surface area contributed by atoms with Crippen molar-refractivity contribution >= 4 is 34.6 Å². The smallest absolute Gasteiger partial charge is 0.295 e. The van der Waals surface area contributed by atoms with Gasteiger partial charge in [0, 0.05) is 19.6 Å². The van der Waals surface area contributed by atoms with Gasteiger partial charge in [0.15, 0.2) is 11.4 Å². The van der Waals surface area contributed by atoms with Crippen LogP contribution in [0.25, 0.3) is 11.1 Å². The molecule has 0 spiro atoms. The van der Waals surface area contributed by atoms with E-state index in [-0.39, 0.29) is 17.4 Å². The highest BCUT2D eigenvalue weighted by Gasteiger charge is 2.28. The summed E-state index contributed by atoms with van der Waals surface area (Å²) >= 11 is 6.19. The lowest BCUT2D eigenvalue weighted by atomic mass is 10.1. The molecule has 0 bridgehead atoms. The number of nitrogens with one attached hydrogen (secondary N) is 1. The van der Waals surface area contributed by atoms with Gasteiger partial charge < -0.3 is 14.6 Å². The number of aromatic nitrogens is 1. The Labute approximate surface area is 161 Å². The minimum absolute atomic E-state index is 0.0462. The number of carbonyl (C=O) groups is 1. The number of nitrogens with zero attached hydrogens (tertiary/aromatic N) is 2. The topological polar surface area (TPSA) is 58.4 Å². The van der Waals surface area contributed by atoms with Gasteiger partial charge in [0.1, 0.15) is 5.52 Å². The first-order valence-corrected chi connectivity index (χ1v) is 9.23. The molecule has 0 aliphatic carbocycles. The number of anilines is 1. The predicted molar refractivity (Wildman–Crippen MR) is 103 cm³/mol. The van der Waals surface area contributed by atoms with Crippen LogP contribution in [0.1, 0.15) is 22.3 Å². The number of benzene rings is 2. The summed E-state index contributed by atoms with van der Waals surface area (Å²) in [6.07, 6.45) is 0.872. The molecule has 2 heterocycles. The zero-order chi connectivity index (χ0) is 19.0. The van der Waals surface area contributed by atoms with Gasteiger partial charge in [-0.15, -0.1) is 0 Å². The van der Waals surface area contributed by atoms with E-state index in [1.54, 1.807) is 18.2 Å². The molecule has 7 heteroatoms. The summed E-state index contributed by atoms with van der Waals surface area (Å²) in [7, 11) is 0. The van der Waals surface area contributed by atoms with Gasteiger partial charge in [0.25, 0.3) is 11.9 Å². The Balaban J connectivity index is 1.38. The molecule has 1 aromatic heterocycles. The van der Waals surface area contributed by atoms with E-state index in [2.05, 4.69) is 10.3 Å². The van der Waals surface area contributed by atoms with Gasteiger partial charge in [-0.05, 0) is 43.5 Å². The number of carbonyl (C=O) groups excluding carboxylic acids is 1. The van der Waals surface area contributed by atoms with Gasteiger partial charge in [0.2, 0.25) is 0 Å². The van der Waals surface area contributed by atoms with Crippen LogP contribution in [0.3, 0.4) is 0 Å². The average Bonchev–Trinajstić information content (AvgIpc) is 3.29. The number of halogens is 2. The SMILES string of the molecule is Cc1ccc(Cl)c(C(=O)N2CC[C@H](CNc3nc4cccc(F)c4o3)C2)c1. The van der Waals surface area contributed by atoms with E-state index in [1.165, 1.54) is 6.07 Å². The first-order valence-electron chi connectivity index (χ1n) is 8.85. The number of hydrogen-bond donors (Lipinski definition) is 1. The van der Waals surface area contributed by atoms with E-state index in [4.69, 9.17) is 16.0 Å². The van der Waals surface area contributed by atoms with Gasteiger partial charge in [-0.2, -0.15) is 4.98 Å². The second kappa shape index (κ2) is 7.19. The molecule has 1 atom stereocenters. The van der Waals surface area contributed by atoms with E-state index in [0.29, 0.717) is 41.8 Å². The van der Waals surface area contributed by atoms with Crippen molar-refractivity contribution in [2.24, 2.45) is 5.92 Å². The molecule has 140 valence electrons. The summed E-state index contributed by atoms with van der Waals surface area (Å²) in [5.41, 5.74) is 2.18. The molecule has 1 fully saturated rings. The first kappa shape index (κ1) is 17.8. The molecule has 1 N–H and O–H groups in total. The lowest BCUT2D eigenvalue weighted by Crippen LogP contribution is -2.30. The summed E-state index contributed by atoms with van der Waals surface area (Å²) in [6, 6.07) is 10.4. The first-order chi connectivity index (χ1) is 13.0. The number of fused-ring (bicyclic) bond motifs is 1. The van der Waals surface area contributed by atoms with Crippen LogP contribution in [0.5, 0.6) is 0 Å². The molecule has 1 aliphatic heterocycles. The molecular weight excluding hydrogens is 369 g/mol. The van der Waals surface area contributed by atoms with Crippen LogP contribution in [0, 0.1) is 18.7 Å². The summed E-state index contributed by atoms with van der Waals surface area (Å²) in [5, 5.41) is 3.59. The Kier molecular flexibility index (Phi) is 4.74. The maximum absolute atomic E-state index is 13.7. The number of likely N-dealkylation sites (tertiary alicyclic amines) is 1. The van der Waals surface area contributed by atoms with Crippen molar-refractivity contribution in [3.63, 3.8) is 0 Å². The molecule has 27 heavy (non-hydrogen) atoms. The van der Waals surface area contributed by atoms with Crippen LogP contribution in [-0.2, 0) is 0 Å². The van der Waals surface area contributed by atoms with Gasteiger partial charge in [-0.3, -0.25) is 4.79 Å².